The van der Waals surface area contributed by atoms with Crippen LogP contribution in [0.25, 0.3) is 0 Å². The Hall–Kier alpha value is -1.67. The molecule has 2 aliphatic rings. The lowest BCUT2D eigenvalue weighted by molar-refractivity contribution is 0.0347. The Bertz CT molecular complexity index is 612. The summed E-state index contributed by atoms with van der Waals surface area (Å²) in [6.07, 6.45) is 7.95. The first-order valence-corrected chi connectivity index (χ1v) is 10.9. The first-order valence-electron chi connectivity index (χ1n) is 10.9. The molecule has 1 aromatic rings. The van der Waals surface area contributed by atoms with E-state index in [2.05, 4.69) is 39.2 Å². The Balaban J connectivity index is 1.41. The molecule has 8 heteroatoms. The van der Waals surface area contributed by atoms with E-state index in [1.807, 2.05) is 0 Å². The molecule has 1 fully saturated rings. The van der Waals surface area contributed by atoms with Crippen LogP contribution in [0.4, 0.5) is 0 Å². The molecule has 28 heavy (non-hydrogen) atoms. The molecule has 0 spiro atoms. The monoisotopic (exact) mass is 392 g/mol. The van der Waals surface area contributed by atoms with E-state index in [0.717, 1.165) is 69.5 Å². The Labute approximate surface area is 168 Å². The standard InChI is InChI=1S/C20H36N6O2/c1-3-21-20(23-16(2)14-28-17-10-13-27-15-17)22-11-7-9-19-25-24-18-8-5-4-6-12-26(18)19/h16-17H,3-15H2,1-2H3,(H2,21,22,23). The highest BCUT2D eigenvalue weighted by atomic mass is 16.5. The lowest BCUT2D eigenvalue weighted by Crippen LogP contribution is -2.44. The summed E-state index contributed by atoms with van der Waals surface area (Å²) in [5.41, 5.74) is 0. The fourth-order valence-corrected chi connectivity index (χ4v) is 3.68. The van der Waals surface area contributed by atoms with Gasteiger partial charge in [-0.3, -0.25) is 4.99 Å². The van der Waals surface area contributed by atoms with E-state index in [0.29, 0.717) is 13.2 Å². The number of hydrogen-bond donors (Lipinski definition) is 2. The van der Waals surface area contributed by atoms with Crippen molar-refractivity contribution in [3.05, 3.63) is 11.6 Å². The van der Waals surface area contributed by atoms with Gasteiger partial charge in [0.05, 0.1) is 19.3 Å². The van der Waals surface area contributed by atoms with Gasteiger partial charge in [-0.15, -0.1) is 10.2 Å². The molecule has 1 saturated heterocycles. The van der Waals surface area contributed by atoms with Crippen LogP contribution in [0.5, 0.6) is 0 Å². The molecule has 0 amide bonds. The van der Waals surface area contributed by atoms with E-state index in [4.69, 9.17) is 14.5 Å². The van der Waals surface area contributed by atoms with Crippen LogP contribution in [0.1, 0.15) is 57.6 Å². The third-order valence-electron chi connectivity index (χ3n) is 5.21. The summed E-state index contributed by atoms with van der Waals surface area (Å²) >= 11 is 0. The van der Waals surface area contributed by atoms with Crippen LogP contribution in [-0.4, -0.2) is 65.8 Å². The number of nitrogens with zero attached hydrogens (tertiary/aromatic N) is 4. The van der Waals surface area contributed by atoms with Crippen molar-refractivity contribution in [1.29, 1.82) is 0 Å². The molecule has 2 unspecified atom stereocenters. The molecular formula is C20H36N6O2. The van der Waals surface area contributed by atoms with Crippen molar-refractivity contribution in [2.45, 2.75) is 77.5 Å². The fraction of sp³-hybridized carbons (Fsp3) is 0.850. The van der Waals surface area contributed by atoms with E-state index in [9.17, 15) is 0 Å². The first-order chi connectivity index (χ1) is 13.8. The lowest BCUT2D eigenvalue weighted by atomic mass is 10.2. The molecule has 2 atom stereocenters. The third kappa shape index (κ3) is 6.44. The molecule has 0 aliphatic carbocycles. The van der Waals surface area contributed by atoms with Gasteiger partial charge in [-0.1, -0.05) is 6.42 Å². The Morgan fingerprint density at radius 2 is 2.29 bits per heavy atom. The summed E-state index contributed by atoms with van der Waals surface area (Å²) in [6.45, 7) is 9.06. The minimum atomic E-state index is 0.200. The molecule has 158 valence electrons. The predicted octanol–water partition coefficient (Wildman–Crippen LogP) is 1.69. The van der Waals surface area contributed by atoms with E-state index < -0.39 is 0 Å². The minimum Gasteiger partial charge on any atom is -0.379 e. The number of ether oxygens (including phenoxy) is 2. The summed E-state index contributed by atoms with van der Waals surface area (Å²) < 4.78 is 13.6. The van der Waals surface area contributed by atoms with Crippen LogP contribution in [0.3, 0.4) is 0 Å². The molecule has 0 bridgehead atoms. The first kappa shape index (κ1) is 21.0. The zero-order chi connectivity index (χ0) is 19.6. The minimum absolute atomic E-state index is 0.200. The lowest BCUT2D eigenvalue weighted by Gasteiger charge is -2.19. The molecule has 2 aliphatic heterocycles. The van der Waals surface area contributed by atoms with Gasteiger partial charge in [0.25, 0.3) is 0 Å². The zero-order valence-electron chi connectivity index (χ0n) is 17.5. The highest BCUT2D eigenvalue weighted by Gasteiger charge is 2.17. The number of guanidine groups is 1. The van der Waals surface area contributed by atoms with Crippen LogP contribution in [-0.2, 0) is 28.9 Å². The van der Waals surface area contributed by atoms with E-state index in [1.54, 1.807) is 0 Å². The number of fused-ring (bicyclic) bond motifs is 1. The summed E-state index contributed by atoms with van der Waals surface area (Å²) in [5, 5.41) is 15.5. The van der Waals surface area contributed by atoms with Gasteiger partial charge in [-0.2, -0.15) is 0 Å². The zero-order valence-corrected chi connectivity index (χ0v) is 17.5. The number of rotatable bonds is 9. The SMILES string of the molecule is CCNC(=NCCCc1nnc2n1CCCCC2)NC(C)COC1CCOC1. The molecule has 8 nitrogen and oxygen atoms in total. The third-order valence-corrected chi connectivity index (χ3v) is 5.21. The van der Waals surface area contributed by atoms with Gasteiger partial charge in [-0.05, 0) is 39.5 Å². The number of aryl methyl sites for hydroxylation is 2. The van der Waals surface area contributed by atoms with Crippen LogP contribution in [0.15, 0.2) is 4.99 Å². The molecule has 0 aromatic carbocycles. The maximum atomic E-state index is 5.89. The topological polar surface area (TPSA) is 85.6 Å². The molecule has 3 rings (SSSR count). The highest BCUT2D eigenvalue weighted by Crippen LogP contribution is 2.15. The molecular weight excluding hydrogens is 356 g/mol. The fourth-order valence-electron chi connectivity index (χ4n) is 3.68. The number of aliphatic imine (C=N–C) groups is 1. The Morgan fingerprint density at radius 3 is 3.11 bits per heavy atom. The van der Waals surface area contributed by atoms with Gasteiger partial charge >= 0.3 is 0 Å². The Kier molecular flexibility index (Phi) is 8.54. The van der Waals surface area contributed by atoms with Crippen molar-refractivity contribution in [1.82, 2.24) is 25.4 Å². The number of nitrogens with one attached hydrogen (secondary N) is 2. The van der Waals surface area contributed by atoms with Crippen LogP contribution < -0.4 is 10.6 Å². The largest absolute Gasteiger partial charge is 0.379 e. The smallest absolute Gasteiger partial charge is 0.191 e. The van der Waals surface area contributed by atoms with E-state index >= 15 is 0 Å². The maximum Gasteiger partial charge on any atom is 0.191 e. The average Bonchev–Trinajstić information content (AvgIpc) is 3.28. The maximum absolute atomic E-state index is 5.89. The quantitative estimate of drug-likeness (QED) is 0.378. The molecule has 0 radical (unpaired) electrons. The van der Waals surface area contributed by atoms with Gasteiger partial charge in [0, 0.05) is 45.1 Å². The summed E-state index contributed by atoms with van der Waals surface area (Å²) in [7, 11) is 0. The summed E-state index contributed by atoms with van der Waals surface area (Å²) in [5.74, 6) is 3.12. The summed E-state index contributed by atoms with van der Waals surface area (Å²) in [4.78, 5) is 4.72. The predicted molar refractivity (Wildman–Crippen MR) is 110 cm³/mol. The molecule has 1 aromatic heterocycles. The van der Waals surface area contributed by atoms with Gasteiger partial charge in [0.2, 0.25) is 0 Å². The van der Waals surface area contributed by atoms with Crippen molar-refractivity contribution in [3.63, 3.8) is 0 Å². The van der Waals surface area contributed by atoms with E-state index in [-0.39, 0.29) is 12.1 Å². The van der Waals surface area contributed by atoms with Crippen molar-refractivity contribution in [2.75, 3.05) is 32.9 Å². The Morgan fingerprint density at radius 1 is 1.36 bits per heavy atom. The number of hydrogen-bond acceptors (Lipinski definition) is 5. The van der Waals surface area contributed by atoms with Crippen molar-refractivity contribution in [3.8, 4) is 0 Å². The van der Waals surface area contributed by atoms with Crippen LogP contribution in [0, 0.1) is 0 Å². The van der Waals surface area contributed by atoms with Crippen molar-refractivity contribution in [2.24, 2.45) is 4.99 Å². The van der Waals surface area contributed by atoms with Gasteiger partial charge in [0.15, 0.2) is 5.96 Å². The average molecular weight is 393 g/mol. The van der Waals surface area contributed by atoms with Gasteiger partial charge in [0.1, 0.15) is 11.6 Å². The summed E-state index contributed by atoms with van der Waals surface area (Å²) in [6, 6.07) is 0.200. The van der Waals surface area contributed by atoms with Gasteiger partial charge < -0.3 is 24.7 Å². The number of aromatic nitrogens is 3. The van der Waals surface area contributed by atoms with Crippen LogP contribution in [0.2, 0.25) is 0 Å². The highest BCUT2D eigenvalue weighted by molar-refractivity contribution is 5.80. The second kappa shape index (κ2) is 11.4. The second-order valence-corrected chi connectivity index (χ2v) is 7.72. The van der Waals surface area contributed by atoms with Crippen molar-refractivity contribution < 1.29 is 9.47 Å². The van der Waals surface area contributed by atoms with E-state index in [1.165, 1.54) is 19.3 Å². The molecule has 3 heterocycles. The van der Waals surface area contributed by atoms with Crippen LogP contribution >= 0.6 is 0 Å². The normalized spacial score (nSPS) is 21.2. The molecule has 0 saturated carbocycles. The van der Waals surface area contributed by atoms with Gasteiger partial charge in [-0.25, -0.2) is 0 Å². The second-order valence-electron chi connectivity index (χ2n) is 7.72. The molecule has 2 N–H and O–H groups in total. The van der Waals surface area contributed by atoms with Crippen molar-refractivity contribution >= 4 is 5.96 Å².